The lowest BCUT2D eigenvalue weighted by molar-refractivity contribution is -0.385. The molecule has 35 heavy (non-hydrogen) atoms. The Morgan fingerprint density at radius 2 is 2.00 bits per heavy atom. The minimum absolute atomic E-state index is 0.173. The maximum absolute atomic E-state index is 13.6. The van der Waals surface area contributed by atoms with Crippen LogP contribution in [0.2, 0.25) is 0 Å². The molecule has 0 radical (unpaired) electrons. The van der Waals surface area contributed by atoms with Crippen molar-refractivity contribution in [1.29, 1.82) is 0 Å². The second kappa shape index (κ2) is 9.84. The van der Waals surface area contributed by atoms with Crippen LogP contribution in [-0.4, -0.2) is 36.3 Å². The number of rotatable bonds is 7. The monoisotopic (exact) mass is 515 g/mol. The molecule has 0 fully saturated rings. The van der Waals surface area contributed by atoms with Crippen molar-refractivity contribution >= 4 is 40.4 Å². The van der Waals surface area contributed by atoms with Crippen LogP contribution in [0.3, 0.4) is 0 Å². The second-order valence-electron chi connectivity index (χ2n) is 7.34. The summed E-state index contributed by atoms with van der Waals surface area (Å²) in [6.45, 7) is 3.59. The molecule has 1 atom stereocenters. The minimum atomic E-state index is -0.715. The molecule has 12 heteroatoms. The molecule has 0 N–H and O–H groups in total. The maximum Gasteiger partial charge on any atom is 0.338 e. The van der Waals surface area contributed by atoms with Gasteiger partial charge in [0.2, 0.25) is 0 Å². The Morgan fingerprint density at radius 1 is 1.29 bits per heavy atom. The van der Waals surface area contributed by atoms with E-state index in [9.17, 15) is 19.7 Å². The van der Waals surface area contributed by atoms with Gasteiger partial charge in [0, 0.05) is 4.88 Å². The van der Waals surface area contributed by atoms with Crippen LogP contribution in [0.1, 0.15) is 30.3 Å². The molecule has 1 aromatic carbocycles. The molecule has 4 rings (SSSR count). The quantitative estimate of drug-likeness (QED) is 0.269. The number of esters is 1. The number of carbonyl (C=O) groups is 1. The lowest BCUT2D eigenvalue weighted by atomic mass is 10.0. The van der Waals surface area contributed by atoms with E-state index in [1.165, 1.54) is 48.3 Å². The van der Waals surface area contributed by atoms with Crippen LogP contribution < -0.4 is 24.4 Å². The molecule has 0 spiro atoms. The van der Waals surface area contributed by atoms with E-state index >= 15 is 0 Å². The van der Waals surface area contributed by atoms with Crippen molar-refractivity contribution < 1.29 is 23.9 Å². The molecule has 3 heterocycles. The lowest BCUT2D eigenvalue weighted by Gasteiger charge is -2.23. The summed E-state index contributed by atoms with van der Waals surface area (Å²) in [5.74, 6) is -0.0591. The first-order valence-corrected chi connectivity index (χ1v) is 12.1. The third kappa shape index (κ3) is 4.37. The molecule has 0 saturated carbocycles. The molecule has 3 aromatic rings. The molecular formula is C23H21N3O7S2. The van der Waals surface area contributed by atoms with E-state index in [2.05, 4.69) is 4.99 Å². The van der Waals surface area contributed by atoms with E-state index in [4.69, 9.17) is 14.2 Å². The van der Waals surface area contributed by atoms with Gasteiger partial charge in [-0.2, -0.15) is 0 Å². The summed E-state index contributed by atoms with van der Waals surface area (Å²) in [5.41, 5.74) is 0.237. The number of fused-ring (bicyclic) bond motifs is 1. The Bertz CT molecular complexity index is 1520. The highest BCUT2D eigenvalue weighted by Gasteiger charge is 2.34. The summed E-state index contributed by atoms with van der Waals surface area (Å²) in [4.78, 5) is 43.3. The van der Waals surface area contributed by atoms with Gasteiger partial charge in [0.1, 0.15) is 6.04 Å². The fraction of sp³-hybridized carbons (Fsp3) is 0.261. The fourth-order valence-corrected chi connectivity index (χ4v) is 5.67. The summed E-state index contributed by atoms with van der Waals surface area (Å²) in [5, 5.41) is 13.6. The van der Waals surface area contributed by atoms with Crippen LogP contribution in [-0.2, 0) is 9.53 Å². The second-order valence-corrected chi connectivity index (χ2v) is 9.33. The van der Waals surface area contributed by atoms with Crippen molar-refractivity contribution in [2.45, 2.75) is 19.9 Å². The van der Waals surface area contributed by atoms with Gasteiger partial charge in [-0.3, -0.25) is 19.5 Å². The highest BCUT2D eigenvalue weighted by Crippen LogP contribution is 2.35. The van der Waals surface area contributed by atoms with Crippen molar-refractivity contribution in [3.8, 4) is 11.5 Å². The Morgan fingerprint density at radius 3 is 2.60 bits per heavy atom. The predicted molar refractivity (Wildman–Crippen MR) is 131 cm³/mol. The number of nitrogens with zero attached hydrogens (tertiary/aromatic N) is 3. The molecule has 182 valence electrons. The topological polar surface area (TPSA) is 122 Å². The number of allylic oxidation sites excluding steroid dienone is 1. The number of benzene rings is 1. The van der Waals surface area contributed by atoms with Crippen molar-refractivity contribution in [2.24, 2.45) is 4.99 Å². The molecule has 1 aliphatic rings. The van der Waals surface area contributed by atoms with Crippen LogP contribution in [0.25, 0.3) is 6.08 Å². The molecule has 0 unspecified atom stereocenters. The summed E-state index contributed by atoms with van der Waals surface area (Å²) in [6, 6.07) is 5.65. The van der Waals surface area contributed by atoms with Gasteiger partial charge in [-0.25, -0.2) is 9.79 Å². The van der Waals surface area contributed by atoms with E-state index in [-0.39, 0.29) is 39.5 Å². The Balaban J connectivity index is 1.97. The summed E-state index contributed by atoms with van der Waals surface area (Å²) in [6.07, 6.45) is 1.43. The zero-order valence-electron chi connectivity index (χ0n) is 19.3. The van der Waals surface area contributed by atoms with Gasteiger partial charge in [-0.05, 0) is 37.4 Å². The number of aromatic nitrogens is 1. The SMILES string of the molecule is CCOC(=O)C1=C(C)N=c2s/c(=C\c3cc(OC)c(OC)cc3[N+](=O)[O-])c(=O)n2[C@H]1c1cccs1. The van der Waals surface area contributed by atoms with E-state index in [1.54, 1.807) is 13.8 Å². The molecule has 1 aliphatic heterocycles. The zero-order chi connectivity index (χ0) is 25.3. The van der Waals surface area contributed by atoms with Gasteiger partial charge in [0.15, 0.2) is 16.3 Å². The molecule has 2 aromatic heterocycles. The Hall–Kier alpha value is -3.77. The third-order valence-electron chi connectivity index (χ3n) is 5.35. The summed E-state index contributed by atoms with van der Waals surface area (Å²) >= 11 is 2.49. The van der Waals surface area contributed by atoms with Gasteiger partial charge in [0.05, 0.1) is 53.2 Å². The smallest absolute Gasteiger partial charge is 0.338 e. The number of nitro benzene ring substituents is 1. The standard InChI is InChI=1S/C23H21N3O7S2/c1-5-33-22(28)19-12(2)24-23-25(20(19)17-7-6-8-34-17)21(27)18(35-23)10-13-9-15(31-3)16(32-4)11-14(13)26(29)30/h6-11,20H,5H2,1-4H3/b18-10-/t20-/m0/s1. The van der Waals surface area contributed by atoms with Crippen molar-refractivity contribution in [3.63, 3.8) is 0 Å². The van der Waals surface area contributed by atoms with Crippen LogP contribution >= 0.6 is 22.7 Å². The van der Waals surface area contributed by atoms with Crippen molar-refractivity contribution in [3.05, 3.63) is 81.2 Å². The number of methoxy groups -OCH3 is 2. The summed E-state index contributed by atoms with van der Waals surface area (Å²) in [7, 11) is 2.80. The number of thiazole rings is 1. The van der Waals surface area contributed by atoms with E-state index < -0.39 is 22.5 Å². The molecular weight excluding hydrogens is 494 g/mol. The van der Waals surface area contributed by atoms with Crippen molar-refractivity contribution in [1.82, 2.24) is 4.57 Å². The first-order valence-electron chi connectivity index (χ1n) is 10.4. The predicted octanol–water partition coefficient (Wildman–Crippen LogP) is 2.79. The number of nitro groups is 1. The average Bonchev–Trinajstić information content (AvgIpc) is 3.46. The zero-order valence-corrected chi connectivity index (χ0v) is 20.9. The Labute approximate surface area is 207 Å². The highest BCUT2D eigenvalue weighted by molar-refractivity contribution is 7.10. The van der Waals surface area contributed by atoms with Crippen LogP contribution in [0.5, 0.6) is 11.5 Å². The van der Waals surface area contributed by atoms with Gasteiger partial charge < -0.3 is 14.2 Å². The number of carbonyl (C=O) groups excluding carboxylic acids is 1. The number of hydrogen-bond acceptors (Lipinski definition) is 10. The van der Waals surface area contributed by atoms with Gasteiger partial charge in [-0.15, -0.1) is 11.3 Å². The first kappa shape index (κ1) is 24.4. The minimum Gasteiger partial charge on any atom is -0.493 e. The van der Waals surface area contributed by atoms with Gasteiger partial charge >= 0.3 is 5.97 Å². The number of hydrogen-bond donors (Lipinski definition) is 0. The third-order valence-corrected chi connectivity index (χ3v) is 7.25. The Kier molecular flexibility index (Phi) is 6.85. The maximum atomic E-state index is 13.6. The molecule has 0 aliphatic carbocycles. The van der Waals surface area contributed by atoms with E-state index in [0.717, 1.165) is 16.2 Å². The normalized spacial score (nSPS) is 15.4. The van der Waals surface area contributed by atoms with Gasteiger partial charge in [0.25, 0.3) is 11.2 Å². The molecule has 0 saturated heterocycles. The average molecular weight is 516 g/mol. The largest absolute Gasteiger partial charge is 0.493 e. The number of ether oxygens (including phenoxy) is 3. The van der Waals surface area contributed by atoms with Crippen LogP contribution in [0.15, 0.2) is 50.7 Å². The van der Waals surface area contributed by atoms with Gasteiger partial charge in [-0.1, -0.05) is 17.4 Å². The van der Waals surface area contributed by atoms with E-state index in [1.807, 2.05) is 17.5 Å². The number of thiophene rings is 1. The molecule has 10 nitrogen and oxygen atoms in total. The van der Waals surface area contributed by atoms with E-state index in [0.29, 0.717) is 10.5 Å². The van der Waals surface area contributed by atoms with Crippen molar-refractivity contribution in [2.75, 3.05) is 20.8 Å². The molecule has 0 amide bonds. The van der Waals surface area contributed by atoms with Crippen LogP contribution in [0, 0.1) is 10.1 Å². The molecule has 0 bridgehead atoms. The fourth-order valence-electron chi connectivity index (χ4n) is 3.81. The lowest BCUT2D eigenvalue weighted by Crippen LogP contribution is -2.39. The highest BCUT2D eigenvalue weighted by atomic mass is 32.1. The first-order chi connectivity index (χ1) is 16.8. The van der Waals surface area contributed by atoms with Crippen LogP contribution in [0.4, 0.5) is 5.69 Å². The summed E-state index contributed by atoms with van der Waals surface area (Å²) < 4.78 is 17.4.